The lowest BCUT2D eigenvalue weighted by Crippen LogP contribution is -2.30. The third kappa shape index (κ3) is 6.54. The van der Waals surface area contributed by atoms with E-state index in [4.69, 9.17) is 10.8 Å². The molecule has 0 spiro atoms. The molecule has 3 N–H and O–H groups in total. The van der Waals surface area contributed by atoms with Gasteiger partial charge in [0.1, 0.15) is 11.8 Å². The third-order valence-corrected chi connectivity index (χ3v) is 1.66. The van der Waals surface area contributed by atoms with E-state index in [2.05, 4.69) is 0 Å². The maximum absolute atomic E-state index is 11.0. The predicted octanol–water partition coefficient (Wildman–Crippen LogP) is 0.825. The van der Waals surface area contributed by atoms with Gasteiger partial charge in [0.15, 0.2) is 0 Å². The highest BCUT2D eigenvalue weighted by Gasteiger charge is 2.14. The molecule has 0 aromatic carbocycles. The standard InChI is InChI=1S/C8H15NO3.ClH/c1-5(2)7(10)4-3-6(9)8(11)12;/h5-6H,3-4,9H2,1-2H3,(H,11,12);1H/t6-;/m0./s1. The molecule has 0 aromatic heterocycles. The van der Waals surface area contributed by atoms with Crippen LogP contribution in [0.5, 0.6) is 0 Å². The van der Waals surface area contributed by atoms with E-state index in [0.717, 1.165) is 0 Å². The zero-order chi connectivity index (χ0) is 9.72. The molecule has 5 heteroatoms. The molecule has 0 radical (unpaired) electrons. The molecule has 0 rings (SSSR count). The second-order valence-corrected chi connectivity index (χ2v) is 3.10. The molecule has 13 heavy (non-hydrogen) atoms. The first-order valence-electron chi connectivity index (χ1n) is 3.96. The van der Waals surface area contributed by atoms with Crippen LogP contribution in [-0.2, 0) is 9.59 Å². The van der Waals surface area contributed by atoms with E-state index in [1.54, 1.807) is 13.8 Å². The molecule has 0 heterocycles. The number of halogens is 1. The van der Waals surface area contributed by atoms with Crippen LogP contribution in [0.2, 0.25) is 0 Å². The van der Waals surface area contributed by atoms with Crippen molar-refractivity contribution in [3.63, 3.8) is 0 Å². The number of Topliss-reactive ketones (excluding diaryl/α,β-unsaturated/α-hetero) is 1. The molecule has 0 saturated carbocycles. The predicted molar refractivity (Wildman–Crippen MR) is 51.9 cm³/mol. The molecule has 0 aromatic rings. The maximum Gasteiger partial charge on any atom is 0.320 e. The molecule has 0 aliphatic heterocycles. The zero-order valence-electron chi connectivity index (χ0n) is 7.82. The maximum atomic E-state index is 11.0. The molecule has 0 aliphatic carbocycles. The number of hydrogen-bond donors (Lipinski definition) is 2. The average molecular weight is 210 g/mol. The van der Waals surface area contributed by atoms with Crippen molar-refractivity contribution in [2.24, 2.45) is 11.7 Å². The molecule has 0 saturated heterocycles. The van der Waals surface area contributed by atoms with Crippen LogP contribution in [-0.4, -0.2) is 22.9 Å². The monoisotopic (exact) mass is 209 g/mol. The lowest BCUT2D eigenvalue weighted by atomic mass is 10.0. The minimum absolute atomic E-state index is 0. The van der Waals surface area contributed by atoms with Crippen molar-refractivity contribution in [1.29, 1.82) is 0 Å². The van der Waals surface area contributed by atoms with Gasteiger partial charge in [0, 0.05) is 12.3 Å². The summed E-state index contributed by atoms with van der Waals surface area (Å²) in [5.74, 6) is -1.02. The van der Waals surface area contributed by atoms with Gasteiger partial charge < -0.3 is 10.8 Å². The van der Waals surface area contributed by atoms with Gasteiger partial charge in [-0.1, -0.05) is 13.8 Å². The Morgan fingerprint density at radius 1 is 1.38 bits per heavy atom. The summed E-state index contributed by atoms with van der Waals surface area (Å²) in [7, 11) is 0. The van der Waals surface area contributed by atoms with Crippen LogP contribution < -0.4 is 5.73 Å². The first kappa shape index (κ1) is 14.9. The van der Waals surface area contributed by atoms with Crippen LogP contribution in [0.4, 0.5) is 0 Å². The van der Waals surface area contributed by atoms with Crippen molar-refractivity contribution in [1.82, 2.24) is 0 Å². The second kappa shape index (κ2) is 6.86. The summed E-state index contributed by atoms with van der Waals surface area (Å²) >= 11 is 0. The molecule has 0 amide bonds. The van der Waals surface area contributed by atoms with Crippen LogP contribution >= 0.6 is 12.4 Å². The Morgan fingerprint density at radius 3 is 2.15 bits per heavy atom. The van der Waals surface area contributed by atoms with Crippen molar-refractivity contribution in [2.75, 3.05) is 0 Å². The van der Waals surface area contributed by atoms with Crippen molar-refractivity contribution >= 4 is 24.2 Å². The number of ketones is 1. The van der Waals surface area contributed by atoms with E-state index in [-0.39, 0.29) is 36.9 Å². The summed E-state index contributed by atoms with van der Waals surface area (Å²) in [4.78, 5) is 21.3. The molecule has 78 valence electrons. The minimum Gasteiger partial charge on any atom is -0.480 e. The Bertz CT molecular complexity index is 182. The van der Waals surface area contributed by atoms with Gasteiger partial charge in [-0.25, -0.2) is 0 Å². The van der Waals surface area contributed by atoms with Crippen molar-refractivity contribution < 1.29 is 14.7 Å². The highest BCUT2D eigenvalue weighted by Crippen LogP contribution is 2.03. The van der Waals surface area contributed by atoms with Crippen LogP contribution in [0.1, 0.15) is 26.7 Å². The van der Waals surface area contributed by atoms with E-state index < -0.39 is 12.0 Å². The van der Waals surface area contributed by atoms with Crippen molar-refractivity contribution in [3.8, 4) is 0 Å². The molecular weight excluding hydrogens is 194 g/mol. The van der Waals surface area contributed by atoms with Gasteiger partial charge >= 0.3 is 5.97 Å². The molecule has 0 unspecified atom stereocenters. The van der Waals surface area contributed by atoms with Gasteiger partial charge in [-0.2, -0.15) is 0 Å². The Kier molecular flexibility index (Phi) is 7.85. The lowest BCUT2D eigenvalue weighted by molar-refractivity contribution is -0.138. The van der Waals surface area contributed by atoms with Crippen LogP contribution in [0.3, 0.4) is 0 Å². The fourth-order valence-corrected chi connectivity index (χ4v) is 0.710. The average Bonchev–Trinajstić information content (AvgIpc) is 1.98. The quantitative estimate of drug-likeness (QED) is 0.703. The number of carboxylic acid groups (broad SMARTS) is 1. The summed E-state index contributed by atoms with van der Waals surface area (Å²) < 4.78 is 0. The highest BCUT2D eigenvalue weighted by atomic mass is 35.5. The SMILES string of the molecule is CC(C)C(=O)CC[C@H](N)C(=O)O.Cl. The Hall–Kier alpha value is -0.610. The van der Waals surface area contributed by atoms with E-state index >= 15 is 0 Å². The van der Waals surface area contributed by atoms with Gasteiger partial charge in [-0.15, -0.1) is 12.4 Å². The molecule has 0 bridgehead atoms. The topological polar surface area (TPSA) is 80.4 Å². The van der Waals surface area contributed by atoms with Gasteiger partial charge in [-0.05, 0) is 6.42 Å². The van der Waals surface area contributed by atoms with Gasteiger partial charge in [0.25, 0.3) is 0 Å². The smallest absolute Gasteiger partial charge is 0.320 e. The number of carbonyl (C=O) groups excluding carboxylic acids is 1. The van der Waals surface area contributed by atoms with Crippen molar-refractivity contribution in [3.05, 3.63) is 0 Å². The van der Waals surface area contributed by atoms with E-state index in [1.807, 2.05) is 0 Å². The van der Waals surface area contributed by atoms with Gasteiger partial charge in [0.2, 0.25) is 0 Å². The normalized spacial score (nSPS) is 12.0. The number of nitrogens with two attached hydrogens (primary N) is 1. The van der Waals surface area contributed by atoms with Crippen LogP contribution in [0.25, 0.3) is 0 Å². The second-order valence-electron chi connectivity index (χ2n) is 3.10. The summed E-state index contributed by atoms with van der Waals surface area (Å²) in [5, 5.41) is 8.40. The lowest BCUT2D eigenvalue weighted by Gasteiger charge is -2.06. The zero-order valence-corrected chi connectivity index (χ0v) is 8.63. The number of hydrogen-bond acceptors (Lipinski definition) is 3. The minimum atomic E-state index is -1.05. The summed E-state index contributed by atoms with van der Waals surface area (Å²) in [6, 6.07) is -0.910. The summed E-state index contributed by atoms with van der Waals surface area (Å²) in [6.45, 7) is 3.57. The third-order valence-electron chi connectivity index (χ3n) is 1.66. The first-order valence-corrected chi connectivity index (χ1v) is 3.96. The van der Waals surface area contributed by atoms with Gasteiger partial charge in [-0.3, -0.25) is 9.59 Å². The molecule has 0 fully saturated rings. The van der Waals surface area contributed by atoms with Gasteiger partial charge in [0.05, 0.1) is 0 Å². The molecule has 4 nitrogen and oxygen atoms in total. The summed E-state index contributed by atoms with van der Waals surface area (Å²) in [5.41, 5.74) is 5.21. The number of carboxylic acids is 1. The van der Waals surface area contributed by atoms with Crippen LogP contribution in [0, 0.1) is 5.92 Å². The fraction of sp³-hybridized carbons (Fsp3) is 0.750. The van der Waals surface area contributed by atoms with Crippen LogP contribution in [0.15, 0.2) is 0 Å². The van der Waals surface area contributed by atoms with E-state index in [9.17, 15) is 9.59 Å². The molecule has 1 atom stereocenters. The molecule has 0 aliphatic rings. The Morgan fingerprint density at radius 2 is 1.85 bits per heavy atom. The number of rotatable bonds is 5. The Balaban J connectivity index is 0. The summed E-state index contributed by atoms with van der Waals surface area (Å²) in [6.07, 6.45) is 0.484. The number of carbonyl (C=O) groups is 2. The van der Waals surface area contributed by atoms with Crippen molar-refractivity contribution in [2.45, 2.75) is 32.7 Å². The van der Waals surface area contributed by atoms with E-state index in [0.29, 0.717) is 0 Å². The molecular formula is C8H16ClNO3. The highest BCUT2D eigenvalue weighted by molar-refractivity contribution is 5.85. The van der Waals surface area contributed by atoms with E-state index in [1.165, 1.54) is 0 Å². The first-order chi connectivity index (χ1) is 5.45. The number of aliphatic carboxylic acids is 1. The largest absolute Gasteiger partial charge is 0.480 e. The Labute approximate surface area is 83.9 Å². The fourth-order valence-electron chi connectivity index (χ4n) is 0.710.